The van der Waals surface area contributed by atoms with Crippen LogP contribution in [0.5, 0.6) is 5.75 Å². The van der Waals surface area contributed by atoms with Crippen molar-refractivity contribution < 1.29 is 19.4 Å². The van der Waals surface area contributed by atoms with Gasteiger partial charge in [0.15, 0.2) is 0 Å². The van der Waals surface area contributed by atoms with Gasteiger partial charge in [-0.3, -0.25) is 4.79 Å². The predicted molar refractivity (Wildman–Crippen MR) is 124 cm³/mol. The Labute approximate surface area is 188 Å². The molecule has 0 spiro atoms. The maximum atomic E-state index is 12.1. The van der Waals surface area contributed by atoms with E-state index < -0.39 is 11.7 Å². The fraction of sp³-hybridized carbons (Fsp3) is 0.476. The van der Waals surface area contributed by atoms with E-state index in [-0.39, 0.29) is 16.3 Å². The summed E-state index contributed by atoms with van der Waals surface area (Å²) < 4.78 is 12.5. The molecule has 1 N–H and O–H groups in total. The Bertz CT molecular complexity index is 775. The second-order valence-corrected chi connectivity index (χ2v) is 10.2. The van der Waals surface area contributed by atoms with Crippen LogP contribution in [0.1, 0.15) is 45.7 Å². The molecular weight excluding hydrogens is 570 g/mol. The Kier molecular flexibility index (Phi) is 7.78. The highest BCUT2D eigenvalue weighted by molar-refractivity contribution is 14.1. The molecule has 0 bridgehead atoms. The van der Waals surface area contributed by atoms with Crippen molar-refractivity contribution in [2.24, 2.45) is 0 Å². The summed E-state index contributed by atoms with van der Waals surface area (Å²) in [6.07, 6.45) is 4.37. The summed E-state index contributed by atoms with van der Waals surface area (Å²) in [6, 6.07) is 3.98. The minimum absolute atomic E-state index is 0.0169. The third-order valence-corrected chi connectivity index (χ3v) is 5.85. The number of carbonyl (C=O) groups excluding carboxylic acids is 1. The SMILES string of the molecule is CCc1cc(CC(=O)OC(C)(C)C)cc(I)c1OC1=CC(I)C(O)C(C)=C1. The van der Waals surface area contributed by atoms with Gasteiger partial charge >= 0.3 is 5.97 Å². The molecule has 1 aliphatic carbocycles. The van der Waals surface area contributed by atoms with E-state index in [1.54, 1.807) is 0 Å². The number of halogens is 2. The molecule has 6 heteroatoms. The molecule has 0 amide bonds. The number of rotatable bonds is 5. The van der Waals surface area contributed by atoms with Crippen molar-refractivity contribution in [3.63, 3.8) is 0 Å². The molecule has 27 heavy (non-hydrogen) atoms. The molecule has 2 unspecified atom stereocenters. The van der Waals surface area contributed by atoms with Gasteiger partial charge in [0, 0.05) is 0 Å². The number of aliphatic hydroxyl groups excluding tert-OH is 1. The first kappa shape index (κ1) is 22.7. The first-order chi connectivity index (χ1) is 12.5. The number of ether oxygens (including phenoxy) is 2. The van der Waals surface area contributed by atoms with Gasteiger partial charge in [-0.1, -0.05) is 35.6 Å². The molecule has 2 atom stereocenters. The van der Waals surface area contributed by atoms with Gasteiger partial charge in [0.1, 0.15) is 17.1 Å². The zero-order chi connectivity index (χ0) is 20.4. The zero-order valence-electron chi connectivity index (χ0n) is 16.3. The number of hydrogen-bond acceptors (Lipinski definition) is 4. The quantitative estimate of drug-likeness (QED) is 0.292. The van der Waals surface area contributed by atoms with Crippen LogP contribution in [0.3, 0.4) is 0 Å². The standard InChI is InChI=1S/C21H26I2O4/c1-6-14-8-13(10-18(24)27-21(3,4)5)9-17(23)20(14)26-15-7-12(2)19(25)16(22)11-15/h7-9,11,16,19,25H,6,10H2,1-5H3. The summed E-state index contributed by atoms with van der Waals surface area (Å²) >= 11 is 4.46. The van der Waals surface area contributed by atoms with Gasteiger partial charge in [0.25, 0.3) is 0 Å². The lowest BCUT2D eigenvalue weighted by atomic mass is 10.0. The third kappa shape index (κ3) is 6.45. The number of allylic oxidation sites excluding steroid dienone is 1. The maximum absolute atomic E-state index is 12.1. The van der Waals surface area contributed by atoms with E-state index in [1.165, 1.54) is 0 Å². The highest BCUT2D eigenvalue weighted by atomic mass is 127. The van der Waals surface area contributed by atoms with Gasteiger partial charge < -0.3 is 14.6 Å². The minimum Gasteiger partial charge on any atom is -0.460 e. The molecule has 0 radical (unpaired) electrons. The third-order valence-electron chi connectivity index (χ3n) is 4.01. The Balaban J connectivity index is 2.24. The van der Waals surface area contributed by atoms with Gasteiger partial charge in [-0.15, -0.1) is 0 Å². The molecule has 1 aromatic rings. The average Bonchev–Trinajstić information content (AvgIpc) is 2.52. The van der Waals surface area contributed by atoms with Crippen LogP contribution in [-0.4, -0.2) is 26.7 Å². The van der Waals surface area contributed by atoms with E-state index in [9.17, 15) is 9.90 Å². The Hall–Kier alpha value is -0.610. The molecule has 1 aliphatic rings. The fourth-order valence-corrected chi connectivity index (χ4v) is 4.55. The van der Waals surface area contributed by atoms with E-state index >= 15 is 0 Å². The molecule has 148 valence electrons. The number of carbonyl (C=O) groups is 1. The number of hydrogen-bond donors (Lipinski definition) is 1. The van der Waals surface area contributed by atoms with E-state index in [0.29, 0.717) is 0 Å². The van der Waals surface area contributed by atoms with Crippen molar-refractivity contribution in [2.45, 2.75) is 63.1 Å². The van der Waals surface area contributed by atoms with Crippen LogP contribution in [0.4, 0.5) is 0 Å². The minimum atomic E-state index is -0.487. The van der Waals surface area contributed by atoms with E-state index in [0.717, 1.165) is 38.2 Å². The number of esters is 1. The van der Waals surface area contributed by atoms with Crippen molar-refractivity contribution in [1.29, 1.82) is 0 Å². The molecule has 2 rings (SSSR count). The molecule has 0 heterocycles. The van der Waals surface area contributed by atoms with Gasteiger partial charge in [-0.05, 0) is 91.6 Å². The largest absolute Gasteiger partial charge is 0.460 e. The lowest BCUT2D eigenvalue weighted by Gasteiger charge is -2.23. The summed E-state index contributed by atoms with van der Waals surface area (Å²) in [5, 5.41) is 10.1. The van der Waals surface area contributed by atoms with Crippen LogP contribution in [-0.2, 0) is 22.4 Å². The second kappa shape index (κ2) is 9.26. The number of aryl methyl sites for hydroxylation is 1. The van der Waals surface area contributed by atoms with Gasteiger partial charge in [-0.2, -0.15) is 0 Å². The fourth-order valence-electron chi connectivity index (χ4n) is 2.77. The molecule has 0 saturated carbocycles. The number of benzene rings is 1. The Morgan fingerprint density at radius 1 is 1.30 bits per heavy atom. The van der Waals surface area contributed by atoms with E-state index in [1.807, 2.05) is 52.0 Å². The Morgan fingerprint density at radius 2 is 1.96 bits per heavy atom. The summed E-state index contributed by atoms with van der Waals surface area (Å²) in [7, 11) is 0. The highest BCUT2D eigenvalue weighted by Gasteiger charge is 2.23. The first-order valence-electron chi connectivity index (χ1n) is 8.93. The van der Waals surface area contributed by atoms with Crippen LogP contribution >= 0.6 is 45.2 Å². The van der Waals surface area contributed by atoms with Crippen molar-refractivity contribution in [3.8, 4) is 5.75 Å². The molecule has 0 aromatic heterocycles. The van der Waals surface area contributed by atoms with Crippen LogP contribution in [0.2, 0.25) is 0 Å². The molecule has 0 saturated heterocycles. The van der Waals surface area contributed by atoms with Gasteiger partial charge in [0.2, 0.25) is 0 Å². The average molecular weight is 596 g/mol. The van der Waals surface area contributed by atoms with Crippen molar-refractivity contribution in [2.75, 3.05) is 0 Å². The molecule has 0 fully saturated rings. The topological polar surface area (TPSA) is 55.8 Å². The summed E-state index contributed by atoms with van der Waals surface area (Å²) in [5.41, 5.74) is 2.37. The Morgan fingerprint density at radius 3 is 2.52 bits per heavy atom. The smallest absolute Gasteiger partial charge is 0.310 e. The van der Waals surface area contributed by atoms with Crippen LogP contribution in [0.25, 0.3) is 0 Å². The number of aliphatic hydroxyl groups is 1. The van der Waals surface area contributed by atoms with Crippen molar-refractivity contribution >= 4 is 51.2 Å². The van der Waals surface area contributed by atoms with E-state index in [4.69, 9.17) is 9.47 Å². The summed E-state index contributed by atoms with van der Waals surface area (Å²) in [6.45, 7) is 9.58. The van der Waals surface area contributed by atoms with Gasteiger partial charge in [0.05, 0.1) is 20.0 Å². The maximum Gasteiger partial charge on any atom is 0.310 e. The highest BCUT2D eigenvalue weighted by Crippen LogP contribution is 2.33. The summed E-state index contributed by atoms with van der Waals surface area (Å²) in [5.74, 6) is 1.32. The predicted octanol–water partition coefficient (Wildman–Crippen LogP) is 5.12. The lowest BCUT2D eigenvalue weighted by molar-refractivity contribution is -0.153. The molecular formula is C21H26I2O4. The van der Waals surface area contributed by atoms with Crippen LogP contribution in [0, 0.1) is 3.57 Å². The second-order valence-electron chi connectivity index (χ2n) is 7.63. The monoisotopic (exact) mass is 596 g/mol. The van der Waals surface area contributed by atoms with Crippen LogP contribution in [0.15, 0.2) is 35.6 Å². The normalized spacial score (nSPS) is 20.0. The first-order valence-corrected chi connectivity index (χ1v) is 11.3. The molecule has 1 aromatic carbocycles. The van der Waals surface area contributed by atoms with Gasteiger partial charge in [-0.25, -0.2) is 0 Å². The van der Waals surface area contributed by atoms with E-state index in [2.05, 4.69) is 52.1 Å². The summed E-state index contributed by atoms with van der Waals surface area (Å²) in [4.78, 5) is 12.1. The van der Waals surface area contributed by atoms with Crippen molar-refractivity contribution in [3.05, 3.63) is 50.3 Å². The zero-order valence-corrected chi connectivity index (χ0v) is 20.6. The number of alkyl halides is 1. The molecule has 4 nitrogen and oxygen atoms in total. The molecule has 0 aliphatic heterocycles. The van der Waals surface area contributed by atoms with Crippen LogP contribution < -0.4 is 4.74 Å². The lowest BCUT2D eigenvalue weighted by Crippen LogP contribution is -2.25. The van der Waals surface area contributed by atoms with Crippen molar-refractivity contribution in [1.82, 2.24) is 0 Å².